The largest absolute Gasteiger partial charge is 0.389 e. The molecule has 0 aliphatic rings. The van der Waals surface area contributed by atoms with Crippen molar-refractivity contribution in [2.24, 2.45) is 0 Å². The molecule has 0 spiro atoms. The number of nitrogens with one attached hydrogen (secondary N) is 1. The first-order valence-corrected chi connectivity index (χ1v) is 7.92. The molecule has 0 aliphatic heterocycles. The molecule has 0 bridgehead atoms. The second-order valence-corrected chi connectivity index (χ2v) is 7.04. The number of nitrogens with zero attached hydrogens (tertiary/aromatic N) is 1. The quantitative estimate of drug-likeness (QED) is 0.794. The Morgan fingerprint density at radius 2 is 2.26 bits per heavy atom. The van der Waals surface area contributed by atoms with Crippen LogP contribution in [0.4, 0.5) is 0 Å². The van der Waals surface area contributed by atoms with Crippen molar-refractivity contribution < 1.29 is 9.90 Å². The van der Waals surface area contributed by atoms with Crippen LogP contribution in [0.5, 0.6) is 0 Å². The molecule has 108 valence electrons. The maximum absolute atomic E-state index is 11.8. The topological polar surface area (TPSA) is 52.6 Å². The van der Waals surface area contributed by atoms with E-state index >= 15 is 0 Å². The van der Waals surface area contributed by atoms with E-state index in [9.17, 15) is 9.90 Å². The molecule has 1 aromatic heterocycles. The molecule has 1 aromatic rings. The van der Waals surface area contributed by atoms with E-state index in [0.717, 1.165) is 15.9 Å². The third-order valence-corrected chi connectivity index (χ3v) is 4.20. The SMILES string of the molecule is CCN(CC(=O)NCc1cc(Br)cs1)CC(C)(C)O. The molecule has 0 saturated heterocycles. The minimum absolute atomic E-state index is 0.0179. The molecule has 0 unspecified atom stereocenters. The van der Waals surface area contributed by atoms with Crippen LogP contribution in [0, 0.1) is 0 Å². The maximum atomic E-state index is 11.8. The summed E-state index contributed by atoms with van der Waals surface area (Å²) in [5.41, 5.74) is -0.783. The molecule has 0 fully saturated rings. The van der Waals surface area contributed by atoms with Crippen molar-refractivity contribution in [3.8, 4) is 0 Å². The van der Waals surface area contributed by atoms with Gasteiger partial charge in [0.15, 0.2) is 0 Å². The molecule has 0 atom stereocenters. The van der Waals surface area contributed by atoms with Crippen molar-refractivity contribution >= 4 is 33.2 Å². The van der Waals surface area contributed by atoms with Gasteiger partial charge in [0, 0.05) is 21.3 Å². The van der Waals surface area contributed by atoms with Gasteiger partial charge >= 0.3 is 0 Å². The Kier molecular flexibility index (Phi) is 6.46. The summed E-state index contributed by atoms with van der Waals surface area (Å²) < 4.78 is 1.04. The third kappa shape index (κ3) is 7.06. The molecule has 1 amide bonds. The third-order valence-electron chi connectivity index (χ3n) is 2.51. The predicted molar refractivity (Wildman–Crippen MR) is 82.3 cm³/mol. The highest BCUT2D eigenvalue weighted by Gasteiger charge is 2.18. The van der Waals surface area contributed by atoms with Crippen LogP contribution in [0.1, 0.15) is 25.6 Å². The number of carbonyl (C=O) groups excluding carboxylic acids is 1. The lowest BCUT2D eigenvalue weighted by molar-refractivity contribution is -0.122. The van der Waals surface area contributed by atoms with Gasteiger partial charge in [0.05, 0.1) is 18.7 Å². The van der Waals surface area contributed by atoms with Gasteiger partial charge in [-0.25, -0.2) is 0 Å². The molecule has 0 aromatic carbocycles. The Labute approximate surface area is 126 Å². The summed E-state index contributed by atoms with van der Waals surface area (Å²) >= 11 is 5.00. The Balaban J connectivity index is 2.37. The summed E-state index contributed by atoms with van der Waals surface area (Å²) in [6, 6.07) is 2.00. The summed E-state index contributed by atoms with van der Waals surface area (Å²) in [7, 11) is 0. The minimum atomic E-state index is -0.783. The lowest BCUT2D eigenvalue weighted by Crippen LogP contribution is -2.43. The molecule has 1 rings (SSSR count). The fourth-order valence-electron chi connectivity index (χ4n) is 1.72. The van der Waals surface area contributed by atoms with Gasteiger partial charge in [0.2, 0.25) is 5.91 Å². The lowest BCUT2D eigenvalue weighted by atomic mass is 10.1. The van der Waals surface area contributed by atoms with E-state index in [0.29, 0.717) is 19.6 Å². The van der Waals surface area contributed by atoms with Gasteiger partial charge in [-0.3, -0.25) is 9.69 Å². The zero-order chi connectivity index (χ0) is 14.5. The van der Waals surface area contributed by atoms with Crippen molar-refractivity contribution in [2.75, 3.05) is 19.6 Å². The standard InChI is InChI=1S/C13H21BrN2O2S/c1-4-16(9-13(2,3)18)7-12(17)15-6-11-5-10(14)8-19-11/h5,8,18H,4,6-7,9H2,1-3H3,(H,15,17). The molecular formula is C13H21BrN2O2S. The van der Waals surface area contributed by atoms with E-state index < -0.39 is 5.60 Å². The monoisotopic (exact) mass is 348 g/mol. The Hall–Kier alpha value is -0.430. The van der Waals surface area contributed by atoms with Gasteiger partial charge in [-0.1, -0.05) is 6.92 Å². The highest BCUT2D eigenvalue weighted by molar-refractivity contribution is 9.10. The number of hydrogen-bond acceptors (Lipinski definition) is 4. The number of halogens is 1. The highest BCUT2D eigenvalue weighted by Crippen LogP contribution is 2.19. The zero-order valence-electron chi connectivity index (χ0n) is 11.6. The van der Waals surface area contributed by atoms with Crippen molar-refractivity contribution in [3.63, 3.8) is 0 Å². The maximum Gasteiger partial charge on any atom is 0.234 e. The fourth-order valence-corrected chi connectivity index (χ4v) is 3.11. The number of thiophene rings is 1. The van der Waals surface area contributed by atoms with Crippen molar-refractivity contribution in [3.05, 3.63) is 20.8 Å². The van der Waals surface area contributed by atoms with E-state index in [4.69, 9.17) is 0 Å². The van der Waals surface area contributed by atoms with Crippen molar-refractivity contribution in [2.45, 2.75) is 32.9 Å². The highest BCUT2D eigenvalue weighted by atomic mass is 79.9. The molecular weight excluding hydrogens is 328 g/mol. The summed E-state index contributed by atoms with van der Waals surface area (Å²) in [6.45, 7) is 7.56. The van der Waals surface area contributed by atoms with E-state index in [1.807, 2.05) is 23.3 Å². The van der Waals surface area contributed by atoms with Crippen LogP contribution in [0.2, 0.25) is 0 Å². The first-order valence-electron chi connectivity index (χ1n) is 6.24. The van der Waals surface area contributed by atoms with Crippen LogP contribution >= 0.6 is 27.3 Å². The van der Waals surface area contributed by atoms with E-state index in [-0.39, 0.29) is 5.91 Å². The summed E-state index contributed by atoms with van der Waals surface area (Å²) in [5, 5.41) is 14.7. The molecule has 0 aliphatic carbocycles. The van der Waals surface area contributed by atoms with Crippen LogP contribution in [0.3, 0.4) is 0 Å². The van der Waals surface area contributed by atoms with Crippen molar-refractivity contribution in [1.82, 2.24) is 10.2 Å². The average molecular weight is 349 g/mol. The second kappa shape index (κ2) is 7.38. The molecule has 6 heteroatoms. The van der Waals surface area contributed by atoms with E-state index in [1.54, 1.807) is 25.2 Å². The van der Waals surface area contributed by atoms with Crippen LogP contribution in [0.15, 0.2) is 15.9 Å². The zero-order valence-corrected chi connectivity index (χ0v) is 14.0. The van der Waals surface area contributed by atoms with Crippen molar-refractivity contribution in [1.29, 1.82) is 0 Å². The normalized spacial score (nSPS) is 11.9. The minimum Gasteiger partial charge on any atom is -0.389 e. The van der Waals surface area contributed by atoms with Crippen LogP contribution in [0.25, 0.3) is 0 Å². The molecule has 1 heterocycles. The fraction of sp³-hybridized carbons (Fsp3) is 0.615. The molecule has 2 N–H and O–H groups in total. The molecule has 19 heavy (non-hydrogen) atoms. The van der Waals surface area contributed by atoms with Gasteiger partial charge in [0.1, 0.15) is 0 Å². The van der Waals surface area contributed by atoms with Gasteiger partial charge in [0.25, 0.3) is 0 Å². The van der Waals surface area contributed by atoms with E-state index in [2.05, 4.69) is 21.2 Å². The first kappa shape index (κ1) is 16.6. The number of amides is 1. The Morgan fingerprint density at radius 1 is 1.58 bits per heavy atom. The average Bonchev–Trinajstić information content (AvgIpc) is 2.70. The number of carbonyl (C=O) groups is 1. The van der Waals surface area contributed by atoms with Gasteiger partial charge < -0.3 is 10.4 Å². The van der Waals surface area contributed by atoms with Crippen LogP contribution in [-0.4, -0.2) is 41.1 Å². The number of hydrogen-bond donors (Lipinski definition) is 2. The Bertz CT molecular complexity index is 415. The summed E-state index contributed by atoms with van der Waals surface area (Å²) in [6.07, 6.45) is 0. The van der Waals surface area contributed by atoms with Crippen LogP contribution < -0.4 is 5.32 Å². The van der Waals surface area contributed by atoms with Gasteiger partial charge in [-0.2, -0.15) is 0 Å². The first-order chi connectivity index (χ1) is 8.80. The van der Waals surface area contributed by atoms with Crippen LogP contribution in [-0.2, 0) is 11.3 Å². The summed E-state index contributed by atoms with van der Waals surface area (Å²) in [4.78, 5) is 14.9. The van der Waals surface area contributed by atoms with Gasteiger partial charge in [-0.15, -0.1) is 11.3 Å². The number of rotatable bonds is 7. The molecule has 4 nitrogen and oxygen atoms in total. The van der Waals surface area contributed by atoms with E-state index in [1.165, 1.54) is 0 Å². The molecule has 0 radical (unpaired) electrons. The Morgan fingerprint density at radius 3 is 2.74 bits per heavy atom. The lowest BCUT2D eigenvalue weighted by Gasteiger charge is -2.27. The predicted octanol–water partition coefficient (Wildman–Crippen LogP) is 2.22. The second-order valence-electron chi connectivity index (χ2n) is 5.12. The smallest absolute Gasteiger partial charge is 0.234 e. The number of aliphatic hydroxyl groups is 1. The summed E-state index contributed by atoms with van der Waals surface area (Å²) in [5.74, 6) is -0.0179. The van der Waals surface area contributed by atoms with Gasteiger partial charge in [-0.05, 0) is 42.4 Å². The molecule has 0 saturated carbocycles. The number of likely N-dealkylation sites (N-methyl/N-ethyl adjacent to an activating group) is 1.